The molecule has 1 aromatic rings. The lowest BCUT2D eigenvalue weighted by molar-refractivity contribution is 0.0285. The van der Waals surface area contributed by atoms with Gasteiger partial charge in [0.05, 0.1) is 5.60 Å². The maximum absolute atomic E-state index is 9.41. The van der Waals surface area contributed by atoms with E-state index in [4.69, 9.17) is 4.74 Å². The lowest BCUT2D eigenvalue weighted by atomic mass is 10.2. The molecule has 0 fully saturated rings. The van der Waals surface area contributed by atoms with Gasteiger partial charge in [-0.1, -0.05) is 31.5 Å². The van der Waals surface area contributed by atoms with E-state index >= 15 is 0 Å². The zero-order valence-electron chi connectivity index (χ0n) is 10.4. The minimum atomic E-state index is -0.773. The van der Waals surface area contributed by atoms with Crippen molar-refractivity contribution in [3.05, 3.63) is 29.8 Å². The van der Waals surface area contributed by atoms with Gasteiger partial charge in [0, 0.05) is 0 Å². The maximum Gasteiger partial charge on any atom is 0.119 e. The van der Waals surface area contributed by atoms with E-state index in [9.17, 15) is 5.11 Å². The minimum absolute atomic E-state index is 0.316. The average Bonchev–Trinajstić information content (AvgIpc) is 2.19. The van der Waals surface area contributed by atoms with Crippen molar-refractivity contribution in [3.63, 3.8) is 0 Å². The Morgan fingerprint density at radius 3 is 2.00 bits per heavy atom. The van der Waals surface area contributed by atoms with Gasteiger partial charge in [0.1, 0.15) is 12.4 Å². The van der Waals surface area contributed by atoms with Crippen LogP contribution in [0.15, 0.2) is 24.3 Å². The Hall–Kier alpha value is -1.02. The van der Waals surface area contributed by atoms with E-state index < -0.39 is 5.60 Å². The Morgan fingerprint density at radius 2 is 1.60 bits per heavy atom. The number of ether oxygens (including phenoxy) is 1. The lowest BCUT2D eigenvalue weighted by Crippen LogP contribution is -2.27. The SMILES string of the molecule is CC.Cc1ccc(OCC(C)(C)O)cc1. The predicted octanol–water partition coefficient (Wildman–Crippen LogP) is 3.17. The molecule has 1 aromatic carbocycles. The second kappa shape index (κ2) is 6.46. The maximum atomic E-state index is 9.41. The highest BCUT2D eigenvalue weighted by atomic mass is 16.5. The third-order valence-electron chi connectivity index (χ3n) is 1.61. The zero-order chi connectivity index (χ0) is 11.9. The Morgan fingerprint density at radius 1 is 1.13 bits per heavy atom. The summed E-state index contributed by atoms with van der Waals surface area (Å²) in [6.45, 7) is 9.79. The summed E-state index contributed by atoms with van der Waals surface area (Å²) in [6, 6.07) is 7.78. The monoisotopic (exact) mass is 210 g/mol. The molecule has 0 amide bonds. The van der Waals surface area contributed by atoms with Crippen LogP contribution in [0.3, 0.4) is 0 Å². The Balaban J connectivity index is 0.000000921. The van der Waals surface area contributed by atoms with E-state index in [1.807, 2.05) is 45.0 Å². The molecule has 1 N–H and O–H groups in total. The van der Waals surface area contributed by atoms with Gasteiger partial charge in [-0.15, -0.1) is 0 Å². The fraction of sp³-hybridized carbons (Fsp3) is 0.538. The van der Waals surface area contributed by atoms with Gasteiger partial charge in [-0.25, -0.2) is 0 Å². The molecule has 0 aromatic heterocycles. The average molecular weight is 210 g/mol. The molecular formula is C13H22O2. The van der Waals surface area contributed by atoms with Crippen molar-refractivity contribution in [1.82, 2.24) is 0 Å². The molecule has 15 heavy (non-hydrogen) atoms. The number of benzene rings is 1. The molecule has 0 atom stereocenters. The van der Waals surface area contributed by atoms with Gasteiger partial charge in [0.15, 0.2) is 0 Å². The molecule has 1 rings (SSSR count). The molecule has 0 aliphatic carbocycles. The van der Waals surface area contributed by atoms with Gasteiger partial charge >= 0.3 is 0 Å². The summed E-state index contributed by atoms with van der Waals surface area (Å²) in [5.74, 6) is 0.799. The molecule has 0 saturated heterocycles. The van der Waals surface area contributed by atoms with E-state index in [2.05, 4.69) is 0 Å². The van der Waals surface area contributed by atoms with Gasteiger partial charge in [-0.2, -0.15) is 0 Å². The molecule has 0 bridgehead atoms. The van der Waals surface area contributed by atoms with Crippen LogP contribution in [0.5, 0.6) is 5.75 Å². The minimum Gasteiger partial charge on any atom is -0.491 e. The quantitative estimate of drug-likeness (QED) is 0.830. The number of hydrogen-bond acceptors (Lipinski definition) is 2. The molecule has 0 unspecified atom stereocenters. The van der Waals surface area contributed by atoms with Gasteiger partial charge < -0.3 is 9.84 Å². The van der Waals surface area contributed by atoms with Crippen molar-refractivity contribution in [1.29, 1.82) is 0 Å². The highest BCUT2D eigenvalue weighted by Crippen LogP contribution is 2.13. The topological polar surface area (TPSA) is 29.5 Å². The van der Waals surface area contributed by atoms with Crippen molar-refractivity contribution in [3.8, 4) is 5.75 Å². The van der Waals surface area contributed by atoms with Crippen molar-refractivity contribution < 1.29 is 9.84 Å². The van der Waals surface area contributed by atoms with Crippen LogP contribution in [0.1, 0.15) is 33.3 Å². The Kier molecular flexibility index (Phi) is 6.02. The lowest BCUT2D eigenvalue weighted by Gasteiger charge is -2.17. The first-order valence-corrected chi connectivity index (χ1v) is 5.39. The third kappa shape index (κ3) is 6.97. The van der Waals surface area contributed by atoms with Crippen LogP contribution < -0.4 is 4.74 Å². The molecule has 0 heterocycles. The largest absolute Gasteiger partial charge is 0.491 e. The van der Waals surface area contributed by atoms with Crippen molar-refractivity contribution in [2.24, 2.45) is 0 Å². The first-order valence-electron chi connectivity index (χ1n) is 5.39. The molecule has 2 heteroatoms. The molecule has 86 valence electrons. The van der Waals surface area contributed by atoms with E-state index in [1.165, 1.54) is 5.56 Å². The van der Waals surface area contributed by atoms with Crippen LogP contribution in [-0.2, 0) is 0 Å². The van der Waals surface area contributed by atoms with Crippen molar-refractivity contribution >= 4 is 0 Å². The molecule has 0 saturated carbocycles. The number of hydrogen-bond donors (Lipinski definition) is 1. The summed E-state index contributed by atoms with van der Waals surface area (Å²) in [5.41, 5.74) is 0.431. The summed E-state index contributed by atoms with van der Waals surface area (Å²) >= 11 is 0. The first-order chi connectivity index (χ1) is 6.97. The van der Waals surface area contributed by atoms with Gasteiger partial charge in [-0.05, 0) is 32.9 Å². The number of aliphatic hydroxyl groups is 1. The van der Waals surface area contributed by atoms with Gasteiger partial charge in [-0.3, -0.25) is 0 Å². The summed E-state index contributed by atoms with van der Waals surface area (Å²) < 4.78 is 5.38. The molecule has 0 spiro atoms. The molecule has 0 radical (unpaired) electrons. The molecule has 2 nitrogen and oxygen atoms in total. The van der Waals surface area contributed by atoms with Gasteiger partial charge in [0.25, 0.3) is 0 Å². The standard InChI is InChI=1S/C11H16O2.C2H6/c1-9-4-6-10(7-5-9)13-8-11(2,3)12;1-2/h4-7,12H,8H2,1-3H3;1-2H3. The number of aryl methyl sites for hydroxylation is 1. The summed E-state index contributed by atoms with van der Waals surface area (Å²) in [4.78, 5) is 0. The highest BCUT2D eigenvalue weighted by molar-refractivity contribution is 5.26. The fourth-order valence-electron chi connectivity index (χ4n) is 0.894. The third-order valence-corrected chi connectivity index (χ3v) is 1.61. The van der Waals surface area contributed by atoms with Crippen LogP contribution in [0.4, 0.5) is 0 Å². The summed E-state index contributed by atoms with van der Waals surface area (Å²) in [5, 5.41) is 9.41. The molecule has 0 aliphatic heterocycles. The van der Waals surface area contributed by atoms with Crippen LogP contribution in [0.2, 0.25) is 0 Å². The van der Waals surface area contributed by atoms with E-state index in [-0.39, 0.29) is 0 Å². The second-order valence-electron chi connectivity index (χ2n) is 3.91. The first kappa shape index (κ1) is 14.0. The highest BCUT2D eigenvalue weighted by Gasteiger charge is 2.12. The predicted molar refractivity (Wildman–Crippen MR) is 64.3 cm³/mol. The normalized spacial score (nSPS) is 10.3. The van der Waals surface area contributed by atoms with E-state index in [0.717, 1.165) is 5.75 Å². The van der Waals surface area contributed by atoms with Crippen LogP contribution in [0.25, 0.3) is 0 Å². The molecular weight excluding hydrogens is 188 g/mol. The summed E-state index contributed by atoms with van der Waals surface area (Å²) in [7, 11) is 0. The van der Waals surface area contributed by atoms with Crippen LogP contribution in [0, 0.1) is 6.92 Å². The van der Waals surface area contributed by atoms with Crippen LogP contribution in [-0.4, -0.2) is 17.3 Å². The van der Waals surface area contributed by atoms with Crippen LogP contribution >= 0.6 is 0 Å². The second-order valence-corrected chi connectivity index (χ2v) is 3.91. The zero-order valence-corrected chi connectivity index (χ0v) is 10.4. The smallest absolute Gasteiger partial charge is 0.119 e. The summed E-state index contributed by atoms with van der Waals surface area (Å²) in [6.07, 6.45) is 0. The Labute approximate surface area is 92.9 Å². The van der Waals surface area contributed by atoms with Crippen molar-refractivity contribution in [2.75, 3.05) is 6.61 Å². The fourth-order valence-corrected chi connectivity index (χ4v) is 0.894. The van der Waals surface area contributed by atoms with E-state index in [0.29, 0.717) is 6.61 Å². The Bertz CT molecular complexity index is 257. The van der Waals surface area contributed by atoms with E-state index in [1.54, 1.807) is 13.8 Å². The van der Waals surface area contributed by atoms with Gasteiger partial charge in [0.2, 0.25) is 0 Å². The van der Waals surface area contributed by atoms with Crippen molar-refractivity contribution in [2.45, 2.75) is 40.2 Å². The molecule has 0 aliphatic rings. The number of rotatable bonds is 3.